The van der Waals surface area contributed by atoms with Crippen LogP contribution in [0.25, 0.3) is 10.4 Å². The van der Waals surface area contributed by atoms with Crippen molar-refractivity contribution in [2.45, 2.75) is 19.3 Å². The van der Waals surface area contributed by atoms with Crippen molar-refractivity contribution in [3.63, 3.8) is 0 Å². The van der Waals surface area contributed by atoms with Crippen LogP contribution in [-0.4, -0.2) is 0 Å². The van der Waals surface area contributed by atoms with Crippen molar-refractivity contribution in [2.75, 3.05) is 0 Å². The highest BCUT2D eigenvalue weighted by Gasteiger charge is 2.41. The molecule has 7 rings (SSSR count). The zero-order chi connectivity index (χ0) is 30.8. The van der Waals surface area contributed by atoms with Gasteiger partial charge in [0.2, 0.25) is 0 Å². The van der Waals surface area contributed by atoms with Crippen LogP contribution in [0.4, 0.5) is 5.69 Å². The van der Waals surface area contributed by atoms with Crippen LogP contribution in [0.15, 0.2) is 157 Å². The van der Waals surface area contributed by atoms with Gasteiger partial charge in [0.1, 0.15) is 11.5 Å². The van der Waals surface area contributed by atoms with E-state index in [0.29, 0.717) is 5.69 Å². The summed E-state index contributed by atoms with van der Waals surface area (Å²) in [6, 6.07) is 53.3. The van der Waals surface area contributed by atoms with Crippen LogP contribution in [0.2, 0.25) is 0 Å². The average molecular weight is 620 g/mol. The summed E-state index contributed by atoms with van der Waals surface area (Å²) in [6.07, 6.45) is 0. The van der Waals surface area contributed by atoms with Gasteiger partial charge in [-0.1, -0.05) is 165 Å². The van der Waals surface area contributed by atoms with Crippen molar-refractivity contribution in [1.29, 1.82) is 0 Å². The van der Waals surface area contributed by atoms with Gasteiger partial charge in [0, 0.05) is 37.8 Å². The van der Waals surface area contributed by atoms with E-state index in [0.717, 1.165) is 27.9 Å². The minimum absolute atomic E-state index is 0.499. The lowest BCUT2D eigenvalue weighted by molar-refractivity contribution is 0.425. The fourth-order valence-electron chi connectivity index (χ4n) is 6.28. The first-order chi connectivity index (χ1) is 22.1. The maximum Gasteiger partial charge on any atom is 0.140 e. The third kappa shape index (κ3) is 5.33. The second-order valence-corrected chi connectivity index (χ2v) is 15.8. The highest BCUT2D eigenvalue weighted by Crippen LogP contribution is 2.54. The molecule has 0 spiro atoms. The number of hydrogen-bond donors (Lipinski definition) is 0. The molecule has 0 saturated heterocycles. The Morgan fingerprint density at radius 2 is 0.978 bits per heavy atom. The number of ether oxygens (including phenoxy) is 1. The molecule has 1 aliphatic heterocycles. The van der Waals surface area contributed by atoms with Crippen LogP contribution in [0.3, 0.4) is 0 Å². The van der Waals surface area contributed by atoms with Crippen LogP contribution in [0, 0.1) is 0 Å². The first kappa shape index (κ1) is 29.0. The molecule has 45 heavy (non-hydrogen) atoms. The SMILES string of the molecule is CC1(C)c2cccc(P(c3ccccc3)c3ccccc3)c2Oc2c(P(c3ccccc3)c3ccccc3)ccc(N=[N+]=[N-])c21. The number of hydrogen-bond acceptors (Lipinski definition) is 2. The quantitative estimate of drug-likeness (QED) is 0.0765. The molecule has 0 atom stereocenters. The van der Waals surface area contributed by atoms with Gasteiger partial charge >= 0.3 is 0 Å². The number of nitrogens with zero attached hydrogens (tertiary/aromatic N) is 3. The van der Waals surface area contributed by atoms with Crippen LogP contribution in [0.5, 0.6) is 11.5 Å². The number of fused-ring (bicyclic) bond motifs is 2. The molecule has 0 saturated carbocycles. The maximum absolute atomic E-state index is 9.61. The molecule has 218 valence electrons. The normalized spacial score (nSPS) is 13.0. The summed E-state index contributed by atoms with van der Waals surface area (Å²) in [6.45, 7) is 4.44. The number of azide groups is 1. The van der Waals surface area contributed by atoms with Gasteiger partial charge in [-0.2, -0.15) is 0 Å². The van der Waals surface area contributed by atoms with E-state index >= 15 is 0 Å². The Morgan fingerprint density at radius 3 is 1.42 bits per heavy atom. The standard InChI is InChI=1S/C39H31N3OP2/c1-39(2)32-24-15-25-34(44(28-16-7-3-8-17-28)29-18-9-4-10-19-29)37(32)43-38-35(27-26-33(36(38)39)41-42-40)45(30-20-11-5-12-21-30)31-22-13-6-14-23-31/h3-27H,1-2H3. The van der Waals surface area contributed by atoms with Gasteiger partial charge in [-0.05, 0) is 48.7 Å². The van der Waals surface area contributed by atoms with Crippen molar-refractivity contribution in [1.82, 2.24) is 0 Å². The summed E-state index contributed by atoms with van der Waals surface area (Å²) in [5, 5.41) is 11.5. The van der Waals surface area contributed by atoms with Crippen molar-refractivity contribution in [3.8, 4) is 11.5 Å². The highest BCUT2D eigenvalue weighted by atomic mass is 31.1. The Kier molecular flexibility index (Phi) is 7.97. The Hall–Kier alpha value is -4.71. The minimum Gasteiger partial charge on any atom is -0.455 e. The predicted molar refractivity (Wildman–Crippen MR) is 191 cm³/mol. The van der Waals surface area contributed by atoms with Gasteiger partial charge in [0.25, 0.3) is 0 Å². The fourth-order valence-corrected chi connectivity index (χ4v) is 11.1. The Balaban J connectivity index is 1.51. The third-order valence-corrected chi connectivity index (χ3v) is 13.2. The summed E-state index contributed by atoms with van der Waals surface area (Å²) in [5.41, 5.74) is 11.7. The first-order valence-electron chi connectivity index (χ1n) is 14.9. The zero-order valence-electron chi connectivity index (χ0n) is 25.1. The predicted octanol–water partition coefficient (Wildman–Crippen LogP) is 8.58. The summed E-state index contributed by atoms with van der Waals surface area (Å²) in [4.78, 5) is 3.23. The van der Waals surface area contributed by atoms with E-state index in [4.69, 9.17) is 4.74 Å². The molecule has 0 bridgehead atoms. The highest BCUT2D eigenvalue weighted by molar-refractivity contribution is 7.80. The molecule has 0 fully saturated rings. The average Bonchev–Trinajstić information content (AvgIpc) is 3.08. The lowest BCUT2D eigenvalue weighted by Gasteiger charge is -2.39. The second-order valence-electron chi connectivity index (χ2n) is 11.4. The molecule has 1 aliphatic rings. The summed E-state index contributed by atoms with van der Waals surface area (Å²) in [7, 11) is -1.90. The molecule has 0 aromatic heterocycles. The fraction of sp³-hybridized carbons (Fsp3) is 0.0769. The number of rotatable bonds is 7. The van der Waals surface area contributed by atoms with Gasteiger partial charge in [0.15, 0.2) is 0 Å². The Bertz CT molecular complexity index is 1930. The molecule has 0 N–H and O–H groups in total. The molecule has 6 aromatic rings. The van der Waals surface area contributed by atoms with E-state index in [2.05, 4.69) is 169 Å². The molecule has 0 radical (unpaired) electrons. The Labute approximate surface area is 266 Å². The van der Waals surface area contributed by atoms with E-state index in [9.17, 15) is 5.53 Å². The monoisotopic (exact) mass is 619 g/mol. The van der Waals surface area contributed by atoms with Gasteiger partial charge in [-0.15, -0.1) is 0 Å². The van der Waals surface area contributed by atoms with Gasteiger partial charge < -0.3 is 4.74 Å². The lowest BCUT2D eigenvalue weighted by atomic mass is 9.75. The summed E-state index contributed by atoms with van der Waals surface area (Å²) >= 11 is 0. The van der Waals surface area contributed by atoms with Gasteiger partial charge in [0.05, 0.1) is 0 Å². The molecular weight excluding hydrogens is 588 g/mol. The molecule has 0 amide bonds. The molecule has 6 aromatic carbocycles. The molecule has 0 unspecified atom stereocenters. The van der Waals surface area contributed by atoms with Crippen LogP contribution in [0.1, 0.15) is 25.0 Å². The number of para-hydroxylation sites is 1. The van der Waals surface area contributed by atoms with Crippen molar-refractivity contribution in [3.05, 3.63) is 173 Å². The third-order valence-electron chi connectivity index (χ3n) is 8.30. The van der Waals surface area contributed by atoms with Crippen LogP contribution < -0.4 is 36.6 Å². The summed E-state index contributed by atoms with van der Waals surface area (Å²) in [5.74, 6) is 1.68. The maximum atomic E-state index is 9.61. The summed E-state index contributed by atoms with van der Waals surface area (Å²) < 4.78 is 7.26. The van der Waals surface area contributed by atoms with E-state index in [1.165, 1.54) is 26.5 Å². The molecule has 4 nitrogen and oxygen atoms in total. The van der Waals surface area contributed by atoms with Crippen LogP contribution >= 0.6 is 15.8 Å². The van der Waals surface area contributed by atoms with E-state index < -0.39 is 21.3 Å². The molecule has 6 heteroatoms. The second kappa shape index (κ2) is 12.4. The lowest BCUT2D eigenvalue weighted by Crippen LogP contribution is -2.33. The van der Waals surface area contributed by atoms with Gasteiger partial charge in [-0.25, -0.2) is 0 Å². The first-order valence-corrected chi connectivity index (χ1v) is 17.6. The van der Waals surface area contributed by atoms with E-state index in [1.54, 1.807) is 0 Å². The Morgan fingerprint density at radius 1 is 0.533 bits per heavy atom. The van der Waals surface area contributed by atoms with E-state index in [1.807, 2.05) is 6.07 Å². The smallest absolute Gasteiger partial charge is 0.140 e. The largest absolute Gasteiger partial charge is 0.455 e. The minimum atomic E-state index is -0.980. The van der Waals surface area contributed by atoms with Crippen LogP contribution in [-0.2, 0) is 5.41 Å². The van der Waals surface area contributed by atoms with Crippen molar-refractivity contribution in [2.24, 2.45) is 5.11 Å². The van der Waals surface area contributed by atoms with Crippen molar-refractivity contribution >= 4 is 53.4 Å². The molecule has 1 heterocycles. The van der Waals surface area contributed by atoms with Crippen molar-refractivity contribution < 1.29 is 4.74 Å². The molecule has 0 aliphatic carbocycles. The topological polar surface area (TPSA) is 58.0 Å². The zero-order valence-corrected chi connectivity index (χ0v) is 26.9. The molecular formula is C39H31N3OP2. The number of benzene rings is 6. The van der Waals surface area contributed by atoms with Gasteiger partial charge in [-0.3, -0.25) is 0 Å². The van der Waals surface area contributed by atoms with E-state index in [-0.39, 0.29) is 0 Å².